The number of benzene rings is 2. The summed E-state index contributed by atoms with van der Waals surface area (Å²) < 4.78 is 7.07. The highest BCUT2D eigenvalue weighted by Crippen LogP contribution is 2.21. The maximum Gasteiger partial charge on any atom is 0.254 e. The van der Waals surface area contributed by atoms with Crippen molar-refractivity contribution in [2.24, 2.45) is 7.05 Å². The molecule has 0 bridgehead atoms. The van der Waals surface area contributed by atoms with E-state index in [2.05, 4.69) is 20.8 Å². The first-order valence-electron chi connectivity index (χ1n) is 12.0. The third-order valence-corrected chi connectivity index (χ3v) is 7.04. The van der Waals surface area contributed by atoms with E-state index in [4.69, 9.17) is 4.74 Å². The van der Waals surface area contributed by atoms with Gasteiger partial charge in [-0.1, -0.05) is 36.0 Å². The summed E-state index contributed by atoms with van der Waals surface area (Å²) in [4.78, 5) is 39.7. The van der Waals surface area contributed by atoms with Crippen molar-refractivity contribution in [2.75, 3.05) is 37.4 Å². The van der Waals surface area contributed by atoms with Gasteiger partial charge in [-0.2, -0.15) is 0 Å². The maximum absolute atomic E-state index is 12.7. The summed E-state index contributed by atoms with van der Waals surface area (Å²) in [6, 6.07) is 13.9. The SMILES string of the molecule is Cc1ccccc1C(=O)N[C@H](C)c1nnc(SCC(=O)Nc2cccc(C(=O)N3CCOCC3)c2)n1C. The number of thioether (sulfide) groups is 1. The molecule has 0 aliphatic carbocycles. The van der Waals surface area contributed by atoms with Crippen LogP contribution in [0.1, 0.15) is 45.1 Å². The normalized spacial score (nSPS) is 14.2. The van der Waals surface area contributed by atoms with Gasteiger partial charge in [-0.15, -0.1) is 10.2 Å². The fourth-order valence-electron chi connectivity index (χ4n) is 4.00. The van der Waals surface area contributed by atoms with Gasteiger partial charge in [0, 0.05) is 37.0 Å². The minimum atomic E-state index is -0.375. The first-order valence-corrected chi connectivity index (χ1v) is 13.0. The molecule has 1 fully saturated rings. The molecule has 1 aliphatic heterocycles. The van der Waals surface area contributed by atoms with Crippen LogP contribution in [0.4, 0.5) is 5.69 Å². The van der Waals surface area contributed by atoms with Gasteiger partial charge in [0.15, 0.2) is 11.0 Å². The van der Waals surface area contributed by atoms with Crippen molar-refractivity contribution in [3.63, 3.8) is 0 Å². The molecule has 0 saturated carbocycles. The Bertz CT molecular complexity index is 1290. The molecule has 10 nitrogen and oxygen atoms in total. The van der Waals surface area contributed by atoms with Crippen LogP contribution < -0.4 is 10.6 Å². The van der Waals surface area contributed by atoms with Crippen molar-refractivity contribution in [1.82, 2.24) is 25.0 Å². The van der Waals surface area contributed by atoms with Crippen molar-refractivity contribution in [3.05, 3.63) is 71.0 Å². The largest absolute Gasteiger partial charge is 0.378 e. The quantitative estimate of drug-likeness (QED) is 0.437. The molecule has 0 unspecified atom stereocenters. The van der Waals surface area contributed by atoms with Gasteiger partial charge in [0.2, 0.25) is 5.91 Å². The number of anilines is 1. The van der Waals surface area contributed by atoms with E-state index < -0.39 is 0 Å². The monoisotopic (exact) mass is 522 g/mol. The van der Waals surface area contributed by atoms with Crippen LogP contribution in [0.2, 0.25) is 0 Å². The van der Waals surface area contributed by atoms with Crippen LogP contribution >= 0.6 is 11.8 Å². The maximum atomic E-state index is 12.7. The Hall–Kier alpha value is -3.70. The molecule has 1 aliphatic rings. The second kappa shape index (κ2) is 12.0. The number of nitrogens with zero attached hydrogens (tertiary/aromatic N) is 4. The number of aromatic nitrogens is 3. The second-order valence-corrected chi connectivity index (χ2v) is 9.67. The topological polar surface area (TPSA) is 118 Å². The van der Waals surface area contributed by atoms with Gasteiger partial charge in [-0.3, -0.25) is 14.4 Å². The van der Waals surface area contributed by atoms with E-state index in [1.165, 1.54) is 11.8 Å². The minimum absolute atomic E-state index is 0.0796. The van der Waals surface area contributed by atoms with Crippen LogP contribution in [-0.4, -0.2) is 69.4 Å². The predicted octanol–water partition coefficient (Wildman–Crippen LogP) is 2.82. The van der Waals surface area contributed by atoms with Crippen molar-refractivity contribution >= 4 is 35.2 Å². The molecular weight excluding hydrogens is 492 g/mol. The van der Waals surface area contributed by atoms with Gasteiger partial charge < -0.3 is 24.8 Å². The molecule has 4 rings (SSSR count). The van der Waals surface area contributed by atoms with Crippen LogP contribution in [0.3, 0.4) is 0 Å². The van der Waals surface area contributed by atoms with E-state index in [9.17, 15) is 14.4 Å². The number of amides is 3. The van der Waals surface area contributed by atoms with Gasteiger partial charge in [0.25, 0.3) is 11.8 Å². The lowest BCUT2D eigenvalue weighted by atomic mass is 10.1. The summed E-state index contributed by atoms with van der Waals surface area (Å²) in [7, 11) is 1.80. The Labute approximate surface area is 219 Å². The second-order valence-electron chi connectivity index (χ2n) is 8.73. The van der Waals surface area contributed by atoms with Gasteiger partial charge in [-0.05, 0) is 43.7 Å². The number of carbonyl (C=O) groups is 3. The molecule has 2 aromatic carbocycles. The number of rotatable bonds is 8. The number of aryl methyl sites for hydroxylation is 1. The fourth-order valence-corrected chi connectivity index (χ4v) is 4.72. The van der Waals surface area contributed by atoms with E-state index in [1.54, 1.807) is 46.8 Å². The summed E-state index contributed by atoms with van der Waals surface area (Å²) >= 11 is 1.24. The zero-order valence-electron chi connectivity index (χ0n) is 21.1. The highest BCUT2D eigenvalue weighted by molar-refractivity contribution is 7.99. The lowest BCUT2D eigenvalue weighted by Crippen LogP contribution is -2.40. The Kier molecular flexibility index (Phi) is 8.57. The summed E-state index contributed by atoms with van der Waals surface area (Å²) in [6.07, 6.45) is 0. The predicted molar refractivity (Wildman–Crippen MR) is 141 cm³/mol. The number of hydrogen-bond acceptors (Lipinski definition) is 7. The lowest BCUT2D eigenvalue weighted by Gasteiger charge is -2.27. The van der Waals surface area contributed by atoms with Crippen LogP contribution in [0, 0.1) is 6.92 Å². The zero-order valence-corrected chi connectivity index (χ0v) is 21.9. The fraction of sp³-hybridized carbons (Fsp3) is 0.346. The van der Waals surface area contributed by atoms with E-state index in [1.807, 2.05) is 32.0 Å². The van der Waals surface area contributed by atoms with Crippen LogP contribution in [0.15, 0.2) is 53.7 Å². The summed E-state index contributed by atoms with van der Waals surface area (Å²) in [5.41, 5.74) is 2.57. The van der Waals surface area contributed by atoms with Gasteiger partial charge in [0.05, 0.1) is 25.0 Å². The van der Waals surface area contributed by atoms with E-state index >= 15 is 0 Å². The molecule has 37 heavy (non-hydrogen) atoms. The molecule has 1 saturated heterocycles. The zero-order chi connectivity index (χ0) is 26.4. The first kappa shape index (κ1) is 26.4. The number of nitrogens with one attached hydrogen (secondary N) is 2. The molecular formula is C26H30N6O4S. The number of ether oxygens (including phenoxy) is 1. The van der Waals surface area contributed by atoms with E-state index in [-0.39, 0.29) is 29.5 Å². The average Bonchev–Trinajstić information content (AvgIpc) is 3.28. The summed E-state index contributed by atoms with van der Waals surface area (Å²) in [6.45, 7) is 5.90. The number of hydrogen-bond donors (Lipinski definition) is 2. The Morgan fingerprint density at radius 2 is 1.84 bits per heavy atom. The molecule has 1 aromatic heterocycles. The van der Waals surface area contributed by atoms with E-state index in [0.29, 0.717) is 54.1 Å². The molecule has 194 valence electrons. The molecule has 2 heterocycles. The van der Waals surface area contributed by atoms with Crippen LogP contribution in [-0.2, 0) is 16.6 Å². The van der Waals surface area contributed by atoms with Gasteiger partial charge >= 0.3 is 0 Å². The number of carbonyl (C=O) groups excluding carboxylic acids is 3. The Morgan fingerprint density at radius 3 is 2.59 bits per heavy atom. The molecule has 1 atom stereocenters. The highest BCUT2D eigenvalue weighted by atomic mass is 32.2. The van der Waals surface area contributed by atoms with E-state index in [0.717, 1.165) is 5.56 Å². The molecule has 2 N–H and O–H groups in total. The minimum Gasteiger partial charge on any atom is -0.378 e. The molecule has 11 heteroatoms. The molecule has 3 aromatic rings. The highest BCUT2D eigenvalue weighted by Gasteiger charge is 2.21. The van der Waals surface area contributed by atoms with Crippen molar-refractivity contribution in [1.29, 1.82) is 0 Å². The van der Waals surface area contributed by atoms with Crippen molar-refractivity contribution in [3.8, 4) is 0 Å². The molecule has 0 radical (unpaired) electrons. The molecule has 0 spiro atoms. The first-order chi connectivity index (χ1) is 17.8. The van der Waals surface area contributed by atoms with Crippen LogP contribution in [0.5, 0.6) is 0 Å². The van der Waals surface area contributed by atoms with Gasteiger partial charge in [0.1, 0.15) is 0 Å². The number of morpholine rings is 1. The van der Waals surface area contributed by atoms with Crippen LogP contribution in [0.25, 0.3) is 0 Å². The van der Waals surface area contributed by atoms with Crippen molar-refractivity contribution in [2.45, 2.75) is 25.0 Å². The Morgan fingerprint density at radius 1 is 1.08 bits per heavy atom. The smallest absolute Gasteiger partial charge is 0.254 e. The molecule has 3 amide bonds. The van der Waals surface area contributed by atoms with Crippen molar-refractivity contribution < 1.29 is 19.1 Å². The lowest BCUT2D eigenvalue weighted by molar-refractivity contribution is -0.113. The third-order valence-electron chi connectivity index (χ3n) is 6.02. The summed E-state index contributed by atoms with van der Waals surface area (Å²) in [5, 5.41) is 14.8. The summed E-state index contributed by atoms with van der Waals surface area (Å²) in [5.74, 6) is 0.198. The third kappa shape index (κ3) is 6.55. The Balaban J connectivity index is 1.32. The average molecular weight is 523 g/mol. The van der Waals surface area contributed by atoms with Gasteiger partial charge in [-0.25, -0.2) is 0 Å². The standard InChI is InChI=1S/C26H30N6O4S/c1-17-7-4-5-10-21(17)24(34)27-18(2)23-29-30-26(31(23)3)37-16-22(33)28-20-9-6-8-19(15-20)25(35)32-11-13-36-14-12-32/h4-10,15,18H,11-14,16H2,1-3H3,(H,27,34)(H,28,33)/t18-/m1/s1.